The molecule has 0 aliphatic heterocycles. The van der Waals surface area contributed by atoms with Crippen LogP contribution < -0.4 is 20.5 Å². The molecule has 2 rings (SSSR count). The lowest BCUT2D eigenvalue weighted by Gasteiger charge is -2.18. The number of rotatable bonds is 5. The molecule has 1 aromatic heterocycles. The van der Waals surface area contributed by atoms with Crippen LogP contribution in [0.5, 0.6) is 11.5 Å². The van der Waals surface area contributed by atoms with Crippen molar-refractivity contribution in [2.75, 3.05) is 25.3 Å². The molecule has 20 heavy (non-hydrogen) atoms. The maximum atomic E-state index is 6.03. The predicted molar refractivity (Wildman–Crippen MR) is 80.2 cm³/mol. The third-order valence-electron chi connectivity index (χ3n) is 3.06. The van der Waals surface area contributed by atoms with Crippen molar-refractivity contribution in [1.29, 1.82) is 0 Å². The Labute approximate surface area is 118 Å². The van der Waals surface area contributed by atoms with E-state index in [9.17, 15) is 0 Å². The summed E-state index contributed by atoms with van der Waals surface area (Å²) in [6.45, 7) is 2.03. The molecule has 3 N–H and O–H groups in total. The van der Waals surface area contributed by atoms with Gasteiger partial charge in [-0.05, 0) is 19.1 Å². The first-order valence-corrected chi connectivity index (χ1v) is 6.34. The molecule has 1 atom stereocenters. The van der Waals surface area contributed by atoms with Gasteiger partial charge in [0.1, 0.15) is 0 Å². The lowest BCUT2D eigenvalue weighted by atomic mass is 10.1. The molecular formula is C15H19N3O2. The van der Waals surface area contributed by atoms with Crippen LogP contribution in [-0.4, -0.2) is 19.2 Å². The Bertz CT molecular complexity index is 573. The van der Waals surface area contributed by atoms with E-state index in [1.54, 1.807) is 26.5 Å². The molecule has 0 aliphatic rings. The number of nitrogens with two attached hydrogens (primary N) is 1. The van der Waals surface area contributed by atoms with Gasteiger partial charge in [0.2, 0.25) is 0 Å². The summed E-state index contributed by atoms with van der Waals surface area (Å²) in [5.41, 5.74) is 8.37. The van der Waals surface area contributed by atoms with Gasteiger partial charge in [-0.3, -0.25) is 4.98 Å². The molecule has 0 amide bonds. The summed E-state index contributed by atoms with van der Waals surface area (Å²) < 4.78 is 10.5. The number of ether oxygens (including phenoxy) is 2. The summed E-state index contributed by atoms with van der Waals surface area (Å²) >= 11 is 0. The van der Waals surface area contributed by atoms with Gasteiger partial charge in [0.15, 0.2) is 11.5 Å². The molecular weight excluding hydrogens is 254 g/mol. The van der Waals surface area contributed by atoms with Gasteiger partial charge in [-0.15, -0.1) is 0 Å². The van der Waals surface area contributed by atoms with Crippen molar-refractivity contribution in [2.45, 2.75) is 13.0 Å². The van der Waals surface area contributed by atoms with Gasteiger partial charge in [-0.2, -0.15) is 0 Å². The van der Waals surface area contributed by atoms with Crippen LogP contribution in [0.2, 0.25) is 0 Å². The van der Waals surface area contributed by atoms with Gasteiger partial charge in [0, 0.05) is 18.3 Å². The number of benzene rings is 1. The molecule has 2 aromatic rings. The number of aromatic nitrogens is 1. The van der Waals surface area contributed by atoms with Crippen molar-refractivity contribution in [3.05, 3.63) is 42.2 Å². The molecule has 0 saturated carbocycles. The summed E-state index contributed by atoms with van der Waals surface area (Å²) in [6, 6.07) is 9.42. The van der Waals surface area contributed by atoms with Gasteiger partial charge >= 0.3 is 0 Å². The fourth-order valence-corrected chi connectivity index (χ4v) is 1.96. The van der Waals surface area contributed by atoms with Crippen LogP contribution in [0, 0.1) is 0 Å². The summed E-state index contributed by atoms with van der Waals surface area (Å²) in [5.74, 6) is 1.25. The Morgan fingerprint density at radius 1 is 1.15 bits per heavy atom. The molecule has 0 bridgehead atoms. The van der Waals surface area contributed by atoms with Gasteiger partial charge in [0.25, 0.3) is 0 Å². The van der Waals surface area contributed by atoms with Crippen LogP contribution in [0.1, 0.15) is 18.7 Å². The van der Waals surface area contributed by atoms with Crippen molar-refractivity contribution in [2.24, 2.45) is 0 Å². The molecule has 1 unspecified atom stereocenters. The number of hydrogen-bond acceptors (Lipinski definition) is 5. The van der Waals surface area contributed by atoms with E-state index < -0.39 is 0 Å². The molecule has 1 aromatic carbocycles. The summed E-state index contributed by atoms with van der Waals surface area (Å²) in [5, 5.41) is 3.33. The minimum atomic E-state index is 0.0385. The second-order valence-corrected chi connectivity index (χ2v) is 4.42. The van der Waals surface area contributed by atoms with Crippen LogP contribution in [0.15, 0.2) is 36.5 Å². The van der Waals surface area contributed by atoms with Gasteiger partial charge in [-0.1, -0.05) is 6.07 Å². The maximum absolute atomic E-state index is 6.03. The average molecular weight is 273 g/mol. The van der Waals surface area contributed by atoms with Gasteiger partial charge < -0.3 is 20.5 Å². The van der Waals surface area contributed by atoms with E-state index in [2.05, 4.69) is 10.3 Å². The monoisotopic (exact) mass is 273 g/mol. The number of methoxy groups -OCH3 is 2. The number of nitrogens with one attached hydrogen (secondary N) is 1. The van der Waals surface area contributed by atoms with Crippen molar-refractivity contribution in [3.63, 3.8) is 0 Å². The first kappa shape index (κ1) is 14.0. The number of anilines is 2. The number of nitrogens with zero attached hydrogens (tertiary/aromatic N) is 1. The Morgan fingerprint density at radius 2 is 1.85 bits per heavy atom. The second kappa shape index (κ2) is 6.14. The predicted octanol–water partition coefficient (Wildman–Crippen LogP) is 2.85. The summed E-state index contributed by atoms with van der Waals surface area (Å²) in [4.78, 5) is 4.32. The van der Waals surface area contributed by atoms with E-state index in [1.165, 1.54) is 0 Å². The Balaban J connectivity index is 2.25. The van der Waals surface area contributed by atoms with Crippen LogP contribution in [0.4, 0.5) is 11.4 Å². The maximum Gasteiger partial charge on any atom is 0.162 e. The van der Waals surface area contributed by atoms with E-state index in [0.29, 0.717) is 17.2 Å². The molecule has 0 fully saturated rings. The van der Waals surface area contributed by atoms with Crippen LogP contribution in [0.25, 0.3) is 0 Å². The van der Waals surface area contributed by atoms with E-state index in [0.717, 1.165) is 11.4 Å². The Hall–Kier alpha value is -2.43. The number of nitrogen functional groups attached to an aromatic ring is 1. The minimum Gasteiger partial charge on any atom is -0.493 e. The average Bonchev–Trinajstić information content (AvgIpc) is 2.49. The van der Waals surface area contributed by atoms with Crippen LogP contribution in [0.3, 0.4) is 0 Å². The van der Waals surface area contributed by atoms with Crippen LogP contribution >= 0.6 is 0 Å². The standard InChI is InChI=1S/C15H19N3O2/c1-10(12-6-4-5-7-17-12)18-13-9-15(20-3)14(19-2)8-11(13)16/h4-10,18H,16H2,1-3H3. The quantitative estimate of drug-likeness (QED) is 0.820. The van der Waals surface area contributed by atoms with Crippen molar-refractivity contribution in [3.8, 4) is 11.5 Å². The third-order valence-corrected chi connectivity index (χ3v) is 3.06. The summed E-state index contributed by atoms with van der Waals surface area (Å²) in [7, 11) is 3.18. The van der Waals surface area contributed by atoms with Crippen molar-refractivity contribution >= 4 is 11.4 Å². The highest BCUT2D eigenvalue weighted by molar-refractivity contribution is 5.72. The fourth-order valence-electron chi connectivity index (χ4n) is 1.96. The number of hydrogen-bond donors (Lipinski definition) is 2. The first-order valence-electron chi connectivity index (χ1n) is 6.34. The highest BCUT2D eigenvalue weighted by atomic mass is 16.5. The van der Waals surface area contributed by atoms with Crippen LogP contribution in [-0.2, 0) is 0 Å². The lowest BCUT2D eigenvalue weighted by molar-refractivity contribution is 0.355. The van der Waals surface area contributed by atoms with E-state index in [-0.39, 0.29) is 6.04 Å². The molecule has 0 radical (unpaired) electrons. The zero-order valence-electron chi connectivity index (χ0n) is 11.9. The topological polar surface area (TPSA) is 69.4 Å². The Morgan fingerprint density at radius 3 is 2.45 bits per heavy atom. The normalized spacial score (nSPS) is 11.8. The second-order valence-electron chi connectivity index (χ2n) is 4.42. The molecule has 106 valence electrons. The molecule has 5 heteroatoms. The Kier molecular flexibility index (Phi) is 4.30. The highest BCUT2D eigenvalue weighted by Gasteiger charge is 2.12. The minimum absolute atomic E-state index is 0.0385. The highest BCUT2D eigenvalue weighted by Crippen LogP contribution is 2.36. The lowest BCUT2D eigenvalue weighted by Crippen LogP contribution is -2.10. The van der Waals surface area contributed by atoms with E-state index in [1.807, 2.05) is 31.2 Å². The zero-order valence-corrected chi connectivity index (χ0v) is 11.9. The number of pyridine rings is 1. The molecule has 1 heterocycles. The molecule has 0 spiro atoms. The smallest absolute Gasteiger partial charge is 0.162 e. The van der Waals surface area contributed by atoms with Crippen molar-refractivity contribution in [1.82, 2.24) is 4.98 Å². The first-order chi connectivity index (χ1) is 9.65. The third kappa shape index (κ3) is 2.93. The molecule has 5 nitrogen and oxygen atoms in total. The fraction of sp³-hybridized carbons (Fsp3) is 0.267. The molecule has 0 aliphatic carbocycles. The largest absolute Gasteiger partial charge is 0.493 e. The molecule has 0 saturated heterocycles. The summed E-state index contributed by atoms with van der Waals surface area (Å²) in [6.07, 6.45) is 1.77. The SMILES string of the molecule is COc1cc(N)c(NC(C)c2ccccn2)cc1OC. The van der Waals surface area contributed by atoms with Crippen molar-refractivity contribution < 1.29 is 9.47 Å². The zero-order chi connectivity index (χ0) is 14.5. The van der Waals surface area contributed by atoms with Gasteiger partial charge in [0.05, 0.1) is 37.3 Å². The van der Waals surface area contributed by atoms with E-state index >= 15 is 0 Å². The van der Waals surface area contributed by atoms with Gasteiger partial charge in [-0.25, -0.2) is 0 Å². The van der Waals surface area contributed by atoms with E-state index in [4.69, 9.17) is 15.2 Å².